The van der Waals surface area contributed by atoms with Crippen molar-refractivity contribution in [3.63, 3.8) is 0 Å². The highest BCUT2D eigenvalue weighted by molar-refractivity contribution is 9.10. The molecule has 1 heterocycles. The monoisotopic (exact) mass is 344 g/mol. The van der Waals surface area contributed by atoms with Crippen LogP contribution in [0, 0.1) is 0 Å². The van der Waals surface area contributed by atoms with E-state index in [0.29, 0.717) is 12.5 Å². The van der Waals surface area contributed by atoms with Crippen LogP contribution in [0.1, 0.15) is 6.92 Å². The molecule has 0 spiro atoms. The van der Waals surface area contributed by atoms with Gasteiger partial charge in [0.2, 0.25) is 5.88 Å². The predicted molar refractivity (Wildman–Crippen MR) is 70.6 cm³/mol. The second kappa shape index (κ2) is 5.01. The van der Waals surface area contributed by atoms with Gasteiger partial charge in [0.1, 0.15) is 4.60 Å². The summed E-state index contributed by atoms with van der Waals surface area (Å²) in [6.07, 6.45) is 0. The van der Waals surface area contributed by atoms with Crippen molar-refractivity contribution >= 4 is 31.9 Å². The van der Waals surface area contributed by atoms with Gasteiger partial charge >= 0.3 is 0 Å². The number of nitrogens with one attached hydrogen (secondary N) is 1. The molecule has 0 bridgehead atoms. The summed E-state index contributed by atoms with van der Waals surface area (Å²) in [6.45, 7) is 2.54. The Morgan fingerprint density at radius 2 is 1.94 bits per heavy atom. The van der Waals surface area contributed by atoms with Crippen LogP contribution in [0.15, 0.2) is 33.3 Å². The Kier molecular flexibility index (Phi) is 3.66. The summed E-state index contributed by atoms with van der Waals surface area (Å²) in [4.78, 5) is 0. The fourth-order valence-corrected chi connectivity index (χ4v) is 2.16. The molecule has 3 nitrogen and oxygen atoms in total. The quantitative estimate of drug-likeness (QED) is 0.912. The maximum atomic E-state index is 5.46. The van der Waals surface area contributed by atoms with Gasteiger partial charge in [-0.1, -0.05) is 28.1 Å². The van der Waals surface area contributed by atoms with Gasteiger partial charge in [0, 0.05) is 4.47 Å². The molecule has 0 saturated carbocycles. The number of nitrogens with zero attached hydrogens (tertiary/aromatic N) is 1. The van der Waals surface area contributed by atoms with Crippen molar-refractivity contribution in [2.45, 2.75) is 6.92 Å². The second-order valence-corrected chi connectivity index (χ2v) is 4.87. The molecule has 1 N–H and O–H groups in total. The Hall–Kier alpha value is -0.810. The summed E-state index contributed by atoms with van der Waals surface area (Å²) in [5.41, 5.74) is 2.02. The van der Waals surface area contributed by atoms with E-state index >= 15 is 0 Å². The Morgan fingerprint density at radius 1 is 1.25 bits per heavy atom. The molecule has 0 aliphatic rings. The second-order valence-electron chi connectivity index (χ2n) is 3.16. The number of ether oxygens (including phenoxy) is 1. The lowest BCUT2D eigenvalue weighted by molar-refractivity contribution is 0.327. The Morgan fingerprint density at radius 3 is 2.56 bits per heavy atom. The number of rotatable bonds is 3. The lowest BCUT2D eigenvalue weighted by Crippen LogP contribution is -1.93. The summed E-state index contributed by atoms with van der Waals surface area (Å²) >= 11 is 6.84. The van der Waals surface area contributed by atoms with Crippen LogP contribution in [-0.2, 0) is 0 Å². The highest BCUT2D eigenvalue weighted by Gasteiger charge is 2.14. The number of hydrogen-bond acceptors (Lipinski definition) is 2. The van der Waals surface area contributed by atoms with Crippen molar-refractivity contribution in [2.75, 3.05) is 6.61 Å². The highest BCUT2D eigenvalue weighted by atomic mass is 79.9. The SMILES string of the molecule is CCOc1n[nH]c(Br)c1-c1ccc(Br)cc1. The standard InChI is InChI=1S/C11H10Br2N2O/c1-2-16-11-9(10(13)14-15-11)7-3-5-8(12)6-4-7/h3-6H,2H2,1H3,(H,14,15). The van der Waals surface area contributed by atoms with E-state index in [1.165, 1.54) is 0 Å². The Labute approximate surface area is 110 Å². The maximum absolute atomic E-state index is 5.46. The summed E-state index contributed by atoms with van der Waals surface area (Å²) < 4.78 is 7.34. The minimum atomic E-state index is 0.598. The van der Waals surface area contributed by atoms with Gasteiger partial charge in [-0.3, -0.25) is 5.10 Å². The van der Waals surface area contributed by atoms with Crippen LogP contribution in [0.2, 0.25) is 0 Å². The largest absolute Gasteiger partial charge is 0.476 e. The maximum Gasteiger partial charge on any atom is 0.241 e. The van der Waals surface area contributed by atoms with Gasteiger partial charge in [-0.05, 0) is 40.5 Å². The molecule has 2 rings (SSSR count). The van der Waals surface area contributed by atoms with Crippen LogP contribution in [0.3, 0.4) is 0 Å². The van der Waals surface area contributed by atoms with Crippen molar-refractivity contribution in [1.29, 1.82) is 0 Å². The molecule has 0 amide bonds. The third-order valence-corrected chi connectivity index (χ3v) is 3.21. The molecule has 0 unspecified atom stereocenters. The number of H-pyrrole nitrogens is 1. The van der Waals surface area contributed by atoms with E-state index in [0.717, 1.165) is 20.2 Å². The third-order valence-electron chi connectivity index (χ3n) is 2.10. The molecule has 0 radical (unpaired) electrons. The van der Waals surface area contributed by atoms with Crippen LogP contribution in [0.25, 0.3) is 11.1 Å². The van der Waals surface area contributed by atoms with E-state index < -0.39 is 0 Å². The molecule has 0 saturated heterocycles. The van der Waals surface area contributed by atoms with Gasteiger partial charge in [0.15, 0.2) is 0 Å². The molecule has 84 valence electrons. The van der Waals surface area contributed by atoms with Crippen molar-refractivity contribution < 1.29 is 4.74 Å². The zero-order chi connectivity index (χ0) is 11.5. The number of aromatic nitrogens is 2. The molecule has 1 aromatic heterocycles. The summed E-state index contributed by atoms with van der Waals surface area (Å²) in [6, 6.07) is 8.01. The molecule has 0 aliphatic heterocycles. The first-order valence-corrected chi connectivity index (χ1v) is 6.43. The summed E-state index contributed by atoms with van der Waals surface area (Å²) in [5.74, 6) is 0.622. The molecule has 1 aromatic carbocycles. The van der Waals surface area contributed by atoms with Gasteiger partial charge in [0.25, 0.3) is 0 Å². The average molecular weight is 346 g/mol. The van der Waals surface area contributed by atoms with E-state index in [-0.39, 0.29) is 0 Å². The highest BCUT2D eigenvalue weighted by Crippen LogP contribution is 2.35. The Bertz CT molecular complexity index is 479. The number of benzene rings is 1. The molecule has 5 heteroatoms. The molecule has 0 aliphatic carbocycles. The summed E-state index contributed by atoms with van der Waals surface area (Å²) in [5, 5.41) is 6.96. The van der Waals surface area contributed by atoms with Crippen LogP contribution >= 0.6 is 31.9 Å². The first kappa shape index (κ1) is 11.7. The molecule has 0 atom stereocenters. The first-order valence-electron chi connectivity index (χ1n) is 4.85. The van der Waals surface area contributed by atoms with Crippen molar-refractivity contribution in [1.82, 2.24) is 10.2 Å². The van der Waals surface area contributed by atoms with E-state index in [1.54, 1.807) is 0 Å². The van der Waals surface area contributed by atoms with E-state index in [2.05, 4.69) is 42.1 Å². The zero-order valence-electron chi connectivity index (χ0n) is 8.63. The van der Waals surface area contributed by atoms with Gasteiger partial charge in [-0.25, -0.2) is 0 Å². The average Bonchev–Trinajstić information content (AvgIpc) is 2.62. The zero-order valence-corrected chi connectivity index (χ0v) is 11.8. The minimum absolute atomic E-state index is 0.598. The smallest absolute Gasteiger partial charge is 0.241 e. The van der Waals surface area contributed by atoms with Crippen LogP contribution in [0.5, 0.6) is 5.88 Å². The molecular weight excluding hydrogens is 336 g/mol. The van der Waals surface area contributed by atoms with E-state index in [1.807, 2.05) is 31.2 Å². The van der Waals surface area contributed by atoms with Gasteiger partial charge in [-0.2, -0.15) is 0 Å². The van der Waals surface area contributed by atoms with Crippen molar-refractivity contribution in [3.8, 4) is 17.0 Å². The fraction of sp³-hybridized carbons (Fsp3) is 0.182. The lowest BCUT2D eigenvalue weighted by atomic mass is 10.1. The first-order chi connectivity index (χ1) is 7.72. The number of halogens is 2. The Balaban J connectivity index is 2.45. The normalized spacial score (nSPS) is 10.4. The van der Waals surface area contributed by atoms with Crippen LogP contribution in [0.4, 0.5) is 0 Å². The summed E-state index contributed by atoms with van der Waals surface area (Å²) in [7, 11) is 0. The number of hydrogen-bond donors (Lipinski definition) is 1. The minimum Gasteiger partial charge on any atom is -0.476 e. The van der Waals surface area contributed by atoms with E-state index in [4.69, 9.17) is 4.74 Å². The third kappa shape index (κ3) is 2.30. The molecule has 0 fully saturated rings. The number of aromatic amines is 1. The van der Waals surface area contributed by atoms with Gasteiger partial charge in [0.05, 0.1) is 12.2 Å². The van der Waals surface area contributed by atoms with Crippen LogP contribution < -0.4 is 4.74 Å². The fourth-order valence-electron chi connectivity index (χ4n) is 1.41. The van der Waals surface area contributed by atoms with Crippen LogP contribution in [-0.4, -0.2) is 16.8 Å². The predicted octanol–water partition coefficient (Wildman–Crippen LogP) is 4.00. The molecule has 2 aromatic rings. The van der Waals surface area contributed by atoms with Crippen molar-refractivity contribution in [2.24, 2.45) is 0 Å². The van der Waals surface area contributed by atoms with Gasteiger partial charge in [-0.15, -0.1) is 5.10 Å². The topological polar surface area (TPSA) is 37.9 Å². The molecule has 16 heavy (non-hydrogen) atoms. The molecular formula is C11H10Br2N2O. The lowest BCUT2D eigenvalue weighted by Gasteiger charge is -2.04. The van der Waals surface area contributed by atoms with Crippen molar-refractivity contribution in [3.05, 3.63) is 33.3 Å². The van der Waals surface area contributed by atoms with Gasteiger partial charge < -0.3 is 4.74 Å². The van der Waals surface area contributed by atoms with E-state index in [9.17, 15) is 0 Å².